The monoisotopic (exact) mass is 268 g/mol. The maximum absolute atomic E-state index is 11.4. The van der Waals surface area contributed by atoms with Gasteiger partial charge in [-0.15, -0.1) is 11.3 Å². The summed E-state index contributed by atoms with van der Waals surface area (Å²) in [5, 5.41) is 6.15. The average molecular weight is 268 g/mol. The van der Waals surface area contributed by atoms with E-state index in [4.69, 9.17) is 0 Å². The molecule has 0 saturated carbocycles. The van der Waals surface area contributed by atoms with Gasteiger partial charge in [0, 0.05) is 30.9 Å². The molecule has 1 heterocycles. The highest BCUT2D eigenvalue weighted by Crippen LogP contribution is 2.14. The van der Waals surface area contributed by atoms with Crippen molar-refractivity contribution in [3.63, 3.8) is 0 Å². The van der Waals surface area contributed by atoms with Crippen LogP contribution in [0, 0.1) is 6.92 Å². The van der Waals surface area contributed by atoms with Gasteiger partial charge in [0.05, 0.1) is 13.1 Å². The Morgan fingerprint density at radius 3 is 2.61 bits per heavy atom. The lowest BCUT2D eigenvalue weighted by atomic mass is 10.4. The lowest BCUT2D eigenvalue weighted by Crippen LogP contribution is -2.42. The number of guanidine groups is 1. The number of nitrogens with one attached hydrogen (secondary N) is 2. The molecule has 100 valence electrons. The SMILES string of the molecule is CN=C(NCC(=O)N(C)C)NCc1ccc(C)s1. The zero-order valence-electron chi connectivity index (χ0n) is 11.3. The van der Waals surface area contributed by atoms with E-state index in [2.05, 4.69) is 34.7 Å². The number of amides is 1. The minimum absolute atomic E-state index is 0.0184. The van der Waals surface area contributed by atoms with Gasteiger partial charge in [-0.3, -0.25) is 9.79 Å². The summed E-state index contributed by atoms with van der Waals surface area (Å²) in [6.07, 6.45) is 0. The predicted octanol–water partition coefficient (Wildman–Crippen LogP) is 0.810. The van der Waals surface area contributed by atoms with E-state index in [0.717, 1.165) is 0 Å². The normalized spacial score (nSPS) is 11.2. The second-order valence-electron chi connectivity index (χ2n) is 4.08. The molecule has 18 heavy (non-hydrogen) atoms. The van der Waals surface area contributed by atoms with E-state index in [9.17, 15) is 4.79 Å². The highest BCUT2D eigenvalue weighted by atomic mass is 32.1. The maximum atomic E-state index is 11.4. The third-order valence-electron chi connectivity index (χ3n) is 2.36. The highest BCUT2D eigenvalue weighted by Gasteiger charge is 2.05. The number of carbonyl (C=O) groups is 1. The lowest BCUT2D eigenvalue weighted by Gasteiger charge is -2.13. The van der Waals surface area contributed by atoms with E-state index in [1.165, 1.54) is 9.75 Å². The Kier molecular flexibility index (Phi) is 5.64. The van der Waals surface area contributed by atoms with Crippen molar-refractivity contribution in [1.29, 1.82) is 0 Å². The van der Waals surface area contributed by atoms with Crippen molar-refractivity contribution in [2.75, 3.05) is 27.7 Å². The first-order chi connectivity index (χ1) is 8.52. The van der Waals surface area contributed by atoms with Crippen LogP contribution >= 0.6 is 11.3 Å². The second-order valence-corrected chi connectivity index (χ2v) is 5.45. The molecule has 0 aromatic carbocycles. The van der Waals surface area contributed by atoms with Crippen LogP contribution in [0.5, 0.6) is 0 Å². The Hall–Kier alpha value is -1.56. The van der Waals surface area contributed by atoms with Gasteiger partial charge in [0.25, 0.3) is 0 Å². The summed E-state index contributed by atoms with van der Waals surface area (Å²) in [6, 6.07) is 4.18. The highest BCUT2D eigenvalue weighted by molar-refractivity contribution is 7.11. The van der Waals surface area contributed by atoms with E-state index in [1.54, 1.807) is 37.4 Å². The quantitative estimate of drug-likeness (QED) is 0.627. The Bertz CT molecular complexity index is 425. The molecule has 5 nitrogen and oxygen atoms in total. The van der Waals surface area contributed by atoms with Crippen LogP contribution < -0.4 is 10.6 Å². The molecule has 0 spiro atoms. The number of hydrogen-bond acceptors (Lipinski definition) is 3. The first-order valence-corrected chi connectivity index (χ1v) is 6.54. The molecule has 6 heteroatoms. The fraction of sp³-hybridized carbons (Fsp3) is 0.500. The number of hydrogen-bond donors (Lipinski definition) is 2. The minimum atomic E-state index is 0.0184. The van der Waals surface area contributed by atoms with Crippen molar-refractivity contribution >= 4 is 23.2 Å². The molecular weight excluding hydrogens is 248 g/mol. The zero-order valence-corrected chi connectivity index (χ0v) is 12.1. The number of aryl methyl sites for hydroxylation is 1. The van der Waals surface area contributed by atoms with Crippen molar-refractivity contribution in [3.8, 4) is 0 Å². The van der Waals surface area contributed by atoms with Crippen LogP contribution in [0.2, 0.25) is 0 Å². The van der Waals surface area contributed by atoms with Crippen LogP contribution in [-0.2, 0) is 11.3 Å². The maximum Gasteiger partial charge on any atom is 0.241 e. The molecule has 0 atom stereocenters. The summed E-state index contributed by atoms with van der Waals surface area (Å²) in [5.74, 6) is 0.654. The van der Waals surface area contributed by atoms with Gasteiger partial charge >= 0.3 is 0 Å². The van der Waals surface area contributed by atoms with E-state index in [1.807, 2.05) is 0 Å². The number of carbonyl (C=O) groups excluding carboxylic acids is 1. The van der Waals surface area contributed by atoms with Gasteiger partial charge in [-0.25, -0.2) is 0 Å². The van der Waals surface area contributed by atoms with E-state index >= 15 is 0 Å². The molecule has 0 fully saturated rings. The molecule has 0 aliphatic heterocycles. The van der Waals surface area contributed by atoms with Crippen molar-refractivity contribution in [1.82, 2.24) is 15.5 Å². The lowest BCUT2D eigenvalue weighted by molar-refractivity contribution is -0.127. The molecule has 1 aromatic rings. The molecule has 0 radical (unpaired) electrons. The molecular formula is C12H20N4OS. The van der Waals surface area contributed by atoms with Crippen molar-refractivity contribution in [2.24, 2.45) is 4.99 Å². The summed E-state index contributed by atoms with van der Waals surface area (Å²) in [7, 11) is 5.15. The molecule has 0 aliphatic rings. The summed E-state index contributed by atoms with van der Waals surface area (Å²) < 4.78 is 0. The molecule has 1 amide bonds. The molecule has 0 bridgehead atoms. The van der Waals surface area contributed by atoms with Crippen molar-refractivity contribution in [2.45, 2.75) is 13.5 Å². The van der Waals surface area contributed by atoms with E-state index in [0.29, 0.717) is 12.5 Å². The number of likely N-dealkylation sites (N-methyl/N-ethyl adjacent to an activating group) is 1. The molecule has 0 unspecified atom stereocenters. The second kappa shape index (κ2) is 7.00. The van der Waals surface area contributed by atoms with Gasteiger partial charge in [0.15, 0.2) is 5.96 Å². The van der Waals surface area contributed by atoms with Crippen molar-refractivity contribution < 1.29 is 4.79 Å². The molecule has 2 N–H and O–H groups in total. The fourth-order valence-corrected chi connectivity index (χ4v) is 2.12. The van der Waals surface area contributed by atoms with Gasteiger partial charge < -0.3 is 15.5 Å². The van der Waals surface area contributed by atoms with Crippen LogP contribution in [0.1, 0.15) is 9.75 Å². The Morgan fingerprint density at radius 1 is 1.39 bits per heavy atom. The Labute approximate surface area is 112 Å². The number of rotatable bonds is 4. The first-order valence-electron chi connectivity index (χ1n) is 5.73. The summed E-state index contributed by atoms with van der Waals surface area (Å²) in [5.41, 5.74) is 0. The smallest absolute Gasteiger partial charge is 0.241 e. The van der Waals surface area contributed by atoms with Crippen molar-refractivity contribution in [3.05, 3.63) is 21.9 Å². The van der Waals surface area contributed by atoms with Gasteiger partial charge in [0.1, 0.15) is 0 Å². The molecule has 1 aromatic heterocycles. The van der Waals surface area contributed by atoms with E-state index < -0.39 is 0 Å². The molecule has 0 saturated heterocycles. The topological polar surface area (TPSA) is 56.7 Å². The number of nitrogens with zero attached hydrogens (tertiary/aromatic N) is 2. The average Bonchev–Trinajstić information content (AvgIpc) is 2.74. The van der Waals surface area contributed by atoms with E-state index in [-0.39, 0.29) is 12.5 Å². The van der Waals surface area contributed by atoms with Crippen LogP contribution in [-0.4, -0.2) is 44.5 Å². The largest absolute Gasteiger partial charge is 0.352 e. The van der Waals surface area contributed by atoms with Gasteiger partial charge in [0.2, 0.25) is 5.91 Å². The van der Waals surface area contributed by atoms with Crippen LogP contribution in [0.3, 0.4) is 0 Å². The summed E-state index contributed by atoms with van der Waals surface area (Å²) in [6.45, 7) is 3.04. The third-order valence-corrected chi connectivity index (χ3v) is 3.36. The van der Waals surface area contributed by atoms with Gasteiger partial charge in [-0.05, 0) is 19.1 Å². The Balaban J connectivity index is 2.37. The predicted molar refractivity (Wildman–Crippen MR) is 76.0 cm³/mol. The van der Waals surface area contributed by atoms with Crippen LogP contribution in [0.15, 0.2) is 17.1 Å². The Morgan fingerprint density at radius 2 is 2.11 bits per heavy atom. The van der Waals surface area contributed by atoms with Gasteiger partial charge in [-0.1, -0.05) is 0 Å². The summed E-state index contributed by atoms with van der Waals surface area (Å²) >= 11 is 1.75. The zero-order chi connectivity index (χ0) is 13.5. The van der Waals surface area contributed by atoms with Crippen LogP contribution in [0.4, 0.5) is 0 Å². The van der Waals surface area contributed by atoms with Gasteiger partial charge in [-0.2, -0.15) is 0 Å². The standard InChI is InChI=1S/C12H20N4OS/c1-9-5-6-10(18-9)7-14-12(13-2)15-8-11(17)16(3)4/h5-6H,7-8H2,1-4H3,(H2,13,14,15). The summed E-state index contributed by atoms with van der Waals surface area (Å²) in [4.78, 5) is 19.6. The molecule has 0 aliphatic carbocycles. The third kappa shape index (κ3) is 4.75. The number of aliphatic imine (C=N–C) groups is 1. The minimum Gasteiger partial charge on any atom is -0.352 e. The fourth-order valence-electron chi connectivity index (χ4n) is 1.29. The first kappa shape index (κ1) is 14.5. The van der Waals surface area contributed by atoms with Crippen LogP contribution in [0.25, 0.3) is 0 Å². The molecule has 1 rings (SSSR count). The number of thiophene rings is 1.